The van der Waals surface area contributed by atoms with Crippen molar-refractivity contribution in [3.8, 4) is 17.3 Å². The van der Waals surface area contributed by atoms with Gasteiger partial charge in [0.05, 0.1) is 6.61 Å². The van der Waals surface area contributed by atoms with Crippen molar-refractivity contribution in [2.75, 3.05) is 26.7 Å². The molecule has 1 saturated heterocycles. The van der Waals surface area contributed by atoms with Crippen LogP contribution >= 0.6 is 0 Å². The Morgan fingerprint density at radius 2 is 1.94 bits per heavy atom. The zero-order valence-corrected chi connectivity index (χ0v) is 19.9. The maximum atomic E-state index is 14.3. The van der Waals surface area contributed by atoms with E-state index in [1.807, 2.05) is 30.3 Å². The Morgan fingerprint density at radius 1 is 1.08 bits per heavy atom. The van der Waals surface area contributed by atoms with E-state index in [0.29, 0.717) is 60.5 Å². The van der Waals surface area contributed by atoms with Crippen LogP contribution in [0, 0.1) is 5.92 Å². The summed E-state index contributed by atoms with van der Waals surface area (Å²) in [7, 11) is 1.78. The molecule has 36 heavy (non-hydrogen) atoms. The quantitative estimate of drug-likeness (QED) is 0.403. The summed E-state index contributed by atoms with van der Waals surface area (Å²) in [6.45, 7) is 1.37. The van der Waals surface area contributed by atoms with Crippen molar-refractivity contribution in [3.63, 3.8) is 0 Å². The van der Waals surface area contributed by atoms with Gasteiger partial charge in [-0.05, 0) is 56.0 Å². The molecule has 10 heteroatoms. The highest BCUT2D eigenvalue weighted by Crippen LogP contribution is 2.40. The van der Waals surface area contributed by atoms with Crippen LogP contribution in [-0.2, 0) is 0 Å². The average Bonchev–Trinajstić information content (AvgIpc) is 3.42. The summed E-state index contributed by atoms with van der Waals surface area (Å²) in [5.74, 6) is 1.69. The minimum Gasteiger partial charge on any atom is -0.491 e. The van der Waals surface area contributed by atoms with Crippen molar-refractivity contribution >= 4 is 16.6 Å². The van der Waals surface area contributed by atoms with Gasteiger partial charge in [0, 0.05) is 30.7 Å². The van der Waals surface area contributed by atoms with Gasteiger partial charge in [0.2, 0.25) is 0 Å². The van der Waals surface area contributed by atoms with E-state index in [-0.39, 0.29) is 11.6 Å². The van der Waals surface area contributed by atoms with Gasteiger partial charge in [-0.3, -0.25) is 9.30 Å². The molecule has 1 saturated carbocycles. The topological polar surface area (TPSA) is 67.6 Å². The monoisotopic (exact) mass is 496 g/mol. The van der Waals surface area contributed by atoms with Gasteiger partial charge >= 0.3 is 6.18 Å². The Hall–Kier alpha value is -3.24. The summed E-state index contributed by atoms with van der Waals surface area (Å²) >= 11 is 0. The van der Waals surface area contributed by atoms with Crippen molar-refractivity contribution < 1.29 is 17.9 Å². The highest BCUT2D eigenvalue weighted by molar-refractivity contribution is 5.86. The number of ether oxygens (including phenoxy) is 1. The average molecular weight is 497 g/mol. The van der Waals surface area contributed by atoms with Crippen LogP contribution in [0.3, 0.4) is 0 Å². The van der Waals surface area contributed by atoms with Crippen LogP contribution in [0.4, 0.5) is 13.2 Å². The number of likely N-dealkylation sites (tertiary alicyclic amines) is 1. The van der Waals surface area contributed by atoms with E-state index in [1.165, 1.54) is 30.0 Å². The number of fused-ring (bicyclic) bond motifs is 2. The lowest BCUT2D eigenvalue weighted by molar-refractivity contribution is -0.184. The van der Waals surface area contributed by atoms with Crippen LogP contribution in [-0.4, -0.2) is 63.4 Å². The lowest BCUT2D eigenvalue weighted by Gasteiger charge is -2.30. The van der Waals surface area contributed by atoms with Gasteiger partial charge < -0.3 is 10.1 Å². The van der Waals surface area contributed by atoms with Crippen LogP contribution in [0.25, 0.3) is 28.1 Å². The molecule has 0 spiro atoms. The second-order valence-corrected chi connectivity index (χ2v) is 9.71. The molecule has 1 aliphatic heterocycles. The van der Waals surface area contributed by atoms with Crippen LogP contribution < -0.4 is 10.1 Å². The molecule has 2 aliphatic rings. The molecule has 1 aromatic carbocycles. The summed E-state index contributed by atoms with van der Waals surface area (Å²) < 4.78 is 50.4. The molecule has 2 atom stereocenters. The number of alkyl halides is 3. The largest absolute Gasteiger partial charge is 0.491 e. The van der Waals surface area contributed by atoms with Gasteiger partial charge in [-0.2, -0.15) is 13.2 Å². The predicted molar refractivity (Wildman–Crippen MR) is 130 cm³/mol. The minimum atomic E-state index is -4.42. The molecule has 0 radical (unpaired) electrons. The molecule has 1 N–H and O–H groups in total. The van der Waals surface area contributed by atoms with Crippen LogP contribution in [0.15, 0.2) is 48.7 Å². The fraction of sp³-hybridized carbons (Fsp3) is 0.423. The maximum absolute atomic E-state index is 14.3. The lowest BCUT2D eigenvalue weighted by Crippen LogP contribution is -2.39. The smallest absolute Gasteiger partial charge is 0.408 e. The zero-order chi connectivity index (χ0) is 24.9. The molecule has 1 unspecified atom stereocenters. The predicted octanol–water partition coefficient (Wildman–Crippen LogP) is 4.63. The first-order chi connectivity index (χ1) is 17.4. The third kappa shape index (κ3) is 4.39. The van der Waals surface area contributed by atoms with E-state index in [9.17, 15) is 13.2 Å². The number of halogens is 3. The SMILES string of the molecule is CN[C@H]1CCN(C(c2ccc3nnc(-c4ccc5cccc(OCC6CC6)c5n4)n3c2)C(F)(F)F)C1. The number of para-hydroxylation sites is 1. The number of nitrogens with one attached hydrogen (secondary N) is 1. The maximum Gasteiger partial charge on any atom is 0.408 e. The first kappa shape index (κ1) is 23.2. The third-order valence-corrected chi connectivity index (χ3v) is 7.13. The van der Waals surface area contributed by atoms with E-state index >= 15 is 0 Å². The lowest BCUT2D eigenvalue weighted by atomic mass is 10.1. The van der Waals surface area contributed by atoms with Gasteiger partial charge in [0.25, 0.3) is 0 Å². The molecule has 0 amide bonds. The molecule has 7 nitrogen and oxygen atoms in total. The molecular formula is C26H27F3N6O. The first-order valence-electron chi connectivity index (χ1n) is 12.3. The molecular weight excluding hydrogens is 469 g/mol. The van der Waals surface area contributed by atoms with Crippen molar-refractivity contribution in [1.82, 2.24) is 29.8 Å². The number of nitrogens with zero attached hydrogens (tertiary/aromatic N) is 5. The standard InChI is InChI=1S/C26H27F3N6O/c1-30-19-11-12-34(14-19)24(26(27,28)29)18-8-10-22-32-33-25(35(22)13-18)20-9-7-17-3-2-4-21(23(17)31-20)36-15-16-5-6-16/h2-4,7-10,13,16,19,24,30H,5-6,11-12,14-15H2,1H3/t19-,24?/m0/s1. The number of likely N-dealkylation sites (N-methyl/N-ethyl adjacent to an activating group) is 1. The minimum absolute atomic E-state index is 0.0437. The first-order valence-corrected chi connectivity index (χ1v) is 12.3. The van der Waals surface area contributed by atoms with Crippen LogP contribution in [0.1, 0.15) is 30.9 Å². The number of pyridine rings is 2. The Morgan fingerprint density at radius 3 is 2.69 bits per heavy atom. The van der Waals surface area contributed by atoms with Crippen molar-refractivity contribution in [2.45, 2.75) is 37.5 Å². The molecule has 6 rings (SSSR count). The Balaban J connectivity index is 1.39. The van der Waals surface area contributed by atoms with Gasteiger partial charge in [-0.1, -0.05) is 24.3 Å². The third-order valence-electron chi connectivity index (χ3n) is 7.13. The molecule has 0 bridgehead atoms. The van der Waals surface area contributed by atoms with E-state index in [0.717, 1.165) is 5.39 Å². The Labute approximate surface area is 206 Å². The fourth-order valence-corrected chi connectivity index (χ4v) is 4.96. The van der Waals surface area contributed by atoms with E-state index in [4.69, 9.17) is 9.72 Å². The number of benzene rings is 1. The molecule has 4 heterocycles. The summed E-state index contributed by atoms with van der Waals surface area (Å²) in [6, 6.07) is 10.9. The second kappa shape index (κ2) is 9.01. The van der Waals surface area contributed by atoms with E-state index in [1.54, 1.807) is 17.5 Å². The normalized spacial score (nSPS) is 19.8. The van der Waals surface area contributed by atoms with Gasteiger partial charge in [0.15, 0.2) is 11.5 Å². The van der Waals surface area contributed by atoms with Crippen molar-refractivity contribution in [3.05, 3.63) is 54.2 Å². The molecule has 188 valence electrons. The summed E-state index contributed by atoms with van der Waals surface area (Å²) in [4.78, 5) is 6.29. The van der Waals surface area contributed by atoms with E-state index in [2.05, 4.69) is 15.5 Å². The second-order valence-electron chi connectivity index (χ2n) is 9.71. The highest BCUT2D eigenvalue weighted by Gasteiger charge is 2.46. The number of aromatic nitrogens is 4. The van der Waals surface area contributed by atoms with Crippen LogP contribution in [0.5, 0.6) is 5.75 Å². The van der Waals surface area contributed by atoms with Crippen LogP contribution in [0.2, 0.25) is 0 Å². The summed E-state index contributed by atoms with van der Waals surface area (Å²) in [5.41, 5.74) is 1.84. The van der Waals surface area contributed by atoms with Gasteiger partial charge in [0.1, 0.15) is 23.0 Å². The molecule has 3 aromatic heterocycles. The Bertz CT molecular complexity index is 1400. The van der Waals surface area contributed by atoms with Crippen molar-refractivity contribution in [2.24, 2.45) is 5.92 Å². The van der Waals surface area contributed by atoms with Crippen molar-refractivity contribution in [1.29, 1.82) is 0 Å². The summed E-state index contributed by atoms with van der Waals surface area (Å²) in [6.07, 6.45) is 0.124. The Kier molecular flexibility index (Phi) is 5.80. The van der Waals surface area contributed by atoms with Gasteiger partial charge in [-0.25, -0.2) is 4.98 Å². The number of hydrogen-bond donors (Lipinski definition) is 1. The van der Waals surface area contributed by atoms with E-state index < -0.39 is 12.2 Å². The zero-order valence-electron chi connectivity index (χ0n) is 19.9. The summed E-state index contributed by atoms with van der Waals surface area (Å²) in [5, 5.41) is 12.5. The van der Waals surface area contributed by atoms with Gasteiger partial charge in [-0.15, -0.1) is 10.2 Å². The number of rotatable bonds is 7. The highest BCUT2D eigenvalue weighted by atomic mass is 19.4. The number of hydrogen-bond acceptors (Lipinski definition) is 6. The molecule has 4 aromatic rings. The fourth-order valence-electron chi connectivity index (χ4n) is 4.96. The molecule has 1 aliphatic carbocycles. The molecule has 2 fully saturated rings.